The van der Waals surface area contributed by atoms with Crippen LogP contribution in [0.3, 0.4) is 0 Å². The van der Waals surface area contributed by atoms with Crippen LogP contribution in [0.1, 0.15) is 44.7 Å². The molecule has 0 aromatic heterocycles. The summed E-state index contributed by atoms with van der Waals surface area (Å²) in [7, 11) is 0. The number of nitrogens with one attached hydrogen (secondary N) is 1. The van der Waals surface area contributed by atoms with E-state index in [9.17, 15) is 9.59 Å². The molecule has 0 aliphatic heterocycles. The number of benzene rings is 2. The monoisotopic (exact) mass is 400 g/mol. The number of carbonyl (C=O) groups is 2. The van der Waals surface area contributed by atoms with E-state index in [4.69, 9.17) is 11.6 Å². The van der Waals surface area contributed by atoms with Gasteiger partial charge >= 0.3 is 0 Å². The van der Waals surface area contributed by atoms with E-state index in [2.05, 4.69) is 5.32 Å². The fourth-order valence-electron chi connectivity index (χ4n) is 3.12. The molecule has 28 heavy (non-hydrogen) atoms. The fraction of sp³-hybridized carbons (Fsp3) is 0.391. The molecule has 2 aromatic carbocycles. The first-order valence-corrected chi connectivity index (χ1v) is 10.2. The lowest BCUT2D eigenvalue weighted by Crippen LogP contribution is -2.51. The van der Waals surface area contributed by atoms with Gasteiger partial charge in [0, 0.05) is 30.5 Å². The summed E-state index contributed by atoms with van der Waals surface area (Å²) in [5, 5.41) is 3.60. The van der Waals surface area contributed by atoms with Crippen LogP contribution in [0.2, 0.25) is 5.02 Å². The average Bonchev–Trinajstić information content (AvgIpc) is 2.65. The number of rotatable bonds is 9. The Bertz CT molecular complexity index is 777. The Morgan fingerprint density at radius 1 is 1.04 bits per heavy atom. The van der Waals surface area contributed by atoms with Crippen LogP contribution in [0.5, 0.6) is 0 Å². The van der Waals surface area contributed by atoms with Gasteiger partial charge in [-0.2, -0.15) is 0 Å². The Balaban J connectivity index is 2.37. The normalized spacial score (nSPS) is 11.9. The second kappa shape index (κ2) is 10.9. The molecule has 5 heteroatoms. The van der Waals surface area contributed by atoms with Crippen LogP contribution in [-0.4, -0.2) is 28.8 Å². The van der Waals surface area contributed by atoms with Gasteiger partial charge in [0.05, 0.1) is 0 Å². The van der Waals surface area contributed by atoms with Crippen LogP contribution < -0.4 is 5.32 Å². The molecule has 0 fully saturated rings. The smallest absolute Gasteiger partial charge is 0.243 e. The summed E-state index contributed by atoms with van der Waals surface area (Å²) >= 11 is 6.13. The molecule has 0 saturated carbocycles. The van der Waals surface area contributed by atoms with Crippen molar-refractivity contribution in [2.24, 2.45) is 0 Å². The zero-order valence-electron chi connectivity index (χ0n) is 16.8. The number of hydrogen-bond acceptors (Lipinski definition) is 2. The van der Waals surface area contributed by atoms with Crippen molar-refractivity contribution >= 4 is 23.4 Å². The molecule has 1 N–H and O–H groups in total. The largest absolute Gasteiger partial charge is 0.352 e. The highest BCUT2D eigenvalue weighted by atomic mass is 35.5. The molecule has 2 amide bonds. The van der Waals surface area contributed by atoms with Crippen molar-refractivity contribution in [2.75, 3.05) is 0 Å². The van der Waals surface area contributed by atoms with Gasteiger partial charge in [-0.25, -0.2) is 0 Å². The Labute approximate surface area is 172 Å². The third-order valence-corrected chi connectivity index (χ3v) is 4.64. The van der Waals surface area contributed by atoms with E-state index in [1.54, 1.807) is 11.0 Å². The van der Waals surface area contributed by atoms with Crippen LogP contribution in [0.4, 0.5) is 0 Å². The number of amides is 2. The maximum absolute atomic E-state index is 13.0. The van der Waals surface area contributed by atoms with Gasteiger partial charge in [-0.05, 0) is 43.5 Å². The summed E-state index contributed by atoms with van der Waals surface area (Å²) in [5.74, 6) is -0.160. The molecule has 0 heterocycles. The average molecular weight is 401 g/mol. The quantitative estimate of drug-likeness (QED) is 0.668. The van der Waals surface area contributed by atoms with Crippen molar-refractivity contribution in [3.63, 3.8) is 0 Å². The van der Waals surface area contributed by atoms with Crippen molar-refractivity contribution in [1.82, 2.24) is 10.2 Å². The van der Waals surface area contributed by atoms with Crippen LogP contribution >= 0.6 is 11.6 Å². The third kappa shape index (κ3) is 6.68. The number of halogens is 1. The molecule has 2 rings (SSSR count). The summed E-state index contributed by atoms with van der Waals surface area (Å²) in [4.78, 5) is 27.7. The molecule has 0 unspecified atom stereocenters. The van der Waals surface area contributed by atoms with Crippen molar-refractivity contribution in [3.05, 3.63) is 70.7 Å². The first-order valence-electron chi connectivity index (χ1n) is 9.79. The Kier molecular flexibility index (Phi) is 8.52. The minimum absolute atomic E-state index is 0.0000651. The number of hydrogen-bond donors (Lipinski definition) is 1. The minimum atomic E-state index is -0.581. The second-order valence-electron chi connectivity index (χ2n) is 7.27. The summed E-state index contributed by atoms with van der Waals surface area (Å²) in [5.41, 5.74) is 1.93. The Morgan fingerprint density at radius 2 is 1.71 bits per heavy atom. The SMILES string of the molecule is CCCC(=O)N(Cc1cccc(Cl)c1)[C@@H](Cc1ccccc1)C(=O)NC(C)C. The second-order valence-corrected chi connectivity index (χ2v) is 7.71. The van der Waals surface area contributed by atoms with Crippen LogP contribution in [0, 0.1) is 0 Å². The highest BCUT2D eigenvalue weighted by Crippen LogP contribution is 2.18. The minimum Gasteiger partial charge on any atom is -0.352 e. The van der Waals surface area contributed by atoms with E-state index in [0.717, 1.165) is 17.5 Å². The van der Waals surface area contributed by atoms with Gasteiger partial charge in [0.1, 0.15) is 6.04 Å². The van der Waals surface area contributed by atoms with Crippen LogP contribution in [0.15, 0.2) is 54.6 Å². The molecular formula is C23H29ClN2O2. The topological polar surface area (TPSA) is 49.4 Å². The van der Waals surface area contributed by atoms with Crippen molar-refractivity contribution < 1.29 is 9.59 Å². The van der Waals surface area contributed by atoms with E-state index in [0.29, 0.717) is 24.4 Å². The van der Waals surface area contributed by atoms with Gasteiger partial charge in [0.15, 0.2) is 0 Å². The van der Waals surface area contributed by atoms with Crippen LogP contribution in [0.25, 0.3) is 0 Å². The Hall–Kier alpha value is -2.33. The molecular weight excluding hydrogens is 372 g/mol. The third-order valence-electron chi connectivity index (χ3n) is 4.41. The van der Waals surface area contributed by atoms with Gasteiger partial charge in [0.25, 0.3) is 0 Å². The lowest BCUT2D eigenvalue weighted by molar-refractivity contribution is -0.141. The zero-order valence-corrected chi connectivity index (χ0v) is 17.6. The Morgan fingerprint density at radius 3 is 2.32 bits per heavy atom. The number of carbonyl (C=O) groups excluding carboxylic acids is 2. The number of nitrogens with zero attached hydrogens (tertiary/aromatic N) is 1. The van der Waals surface area contributed by atoms with Gasteiger partial charge in [-0.1, -0.05) is 61.0 Å². The van der Waals surface area contributed by atoms with Gasteiger partial charge < -0.3 is 10.2 Å². The lowest BCUT2D eigenvalue weighted by atomic mass is 10.0. The van der Waals surface area contributed by atoms with Gasteiger partial charge in [0.2, 0.25) is 11.8 Å². The molecule has 150 valence electrons. The van der Waals surface area contributed by atoms with E-state index in [1.807, 2.05) is 69.3 Å². The van der Waals surface area contributed by atoms with Gasteiger partial charge in [-0.15, -0.1) is 0 Å². The van der Waals surface area contributed by atoms with Gasteiger partial charge in [-0.3, -0.25) is 9.59 Å². The lowest BCUT2D eigenvalue weighted by Gasteiger charge is -2.32. The molecule has 0 spiro atoms. The van der Waals surface area contributed by atoms with E-state index >= 15 is 0 Å². The van der Waals surface area contributed by atoms with Crippen molar-refractivity contribution in [3.8, 4) is 0 Å². The van der Waals surface area contributed by atoms with Crippen molar-refractivity contribution in [2.45, 2.75) is 58.7 Å². The molecule has 1 atom stereocenters. The van der Waals surface area contributed by atoms with Crippen molar-refractivity contribution in [1.29, 1.82) is 0 Å². The molecule has 0 aliphatic rings. The predicted molar refractivity (Wildman–Crippen MR) is 114 cm³/mol. The van der Waals surface area contributed by atoms with E-state index in [1.165, 1.54) is 0 Å². The highest BCUT2D eigenvalue weighted by molar-refractivity contribution is 6.30. The molecule has 0 bridgehead atoms. The first-order chi connectivity index (χ1) is 13.4. The molecule has 0 saturated heterocycles. The first kappa shape index (κ1) is 22.0. The summed E-state index contributed by atoms with van der Waals surface area (Å²) < 4.78 is 0. The van der Waals surface area contributed by atoms with E-state index < -0.39 is 6.04 Å². The maximum Gasteiger partial charge on any atom is 0.243 e. The molecule has 2 aromatic rings. The molecule has 4 nitrogen and oxygen atoms in total. The highest BCUT2D eigenvalue weighted by Gasteiger charge is 2.30. The fourth-order valence-corrected chi connectivity index (χ4v) is 3.34. The summed E-state index contributed by atoms with van der Waals surface area (Å²) in [6.07, 6.45) is 1.60. The maximum atomic E-state index is 13.0. The standard InChI is InChI=1S/C23H29ClN2O2/c1-4-9-22(27)26(16-19-12-8-13-20(24)14-19)21(23(28)25-17(2)3)15-18-10-6-5-7-11-18/h5-8,10-14,17,21H,4,9,15-16H2,1-3H3,(H,25,28)/t21-/m0/s1. The predicted octanol–water partition coefficient (Wildman–Crippen LogP) is 4.60. The zero-order chi connectivity index (χ0) is 20.5. The molecule has 0 radical (unpaired) electrons. The van der Waals surface area contributed by atoms with E-state index in [-0.39, 0.29) is 17.9 Å². The molecule has 0 aliphatic carbocycles. The summed E-state index contributed by atoms with van der Waals surface area (Å²) in [6.45, 7) is 6.16. The summed E-state index contributed by atoms with van der Waals surface area (Å²) in [6, 6.07) is 16.7. The van der Waals surface area contributed by atoms with Crippen LogP contribution in [-0.2, 0) is 22.6 Å².